The van der Waals surface area contributed by atoms with Crippen molar-refractivity contribution in [1.82, 2.24) is 9.80 Å². The van der Waals surface area contributed by atoms with Crippen LogP contribution >= 0.6 is 0 Å². The summed E-state index contributed by atoms with van der Waals surface area (Å²) in [6.07, 6.45) is 3.41. The number of carboxylic acid groups (broad SMARTS) is 1. The number of benzene rings is 3. The SMILES string of the molecule is CN(CC(=O)Nc1ccc(Oc2ccccc2)cc1)C[C@H]1CCCCN1Cc1ccc(C(=O)O)cc1. The van der Waals surface area contributed by atoms with E-state index in [1.54, 1.807) is 12.1 Å². The van der Waals surface area contributed by atoms with Gasteiger partial charge in [0.2, 0.25) is 5.91 Å². The Balaban J connectivity index is 1.26. The Bertz CT molecular complexity index is 1130. The molecule has 0 aromatic heterocycles. The molecular formula is C29H33N3O4. The van der Waals surface area contributed by atoms with Crippen LogP contribution in [0.15, 0.2) is 78.9 Å². The first-order valence-corrected chi connectivity index (χ1v) is 12.3. The number of nitrogens with zero attached hydrogens (tertiary/aromatic N) is 2. The van der Waals surface area contributed by atoms with Gasteiger partial charge in [-0.2, -0.15) is 0 Å². The first-order chi connectivity index (χ1) is 17.5. The van der Waals surface area contributed by atoms with Crippen LogP contribution in [0.4, 0.5) is 5.69 Å². The highest BCUT2D eigenvalue weighted by molar-refractivity contribution is 5.92. The third kappa shape index (κ3) is 7.41. The summed E-state index contributed by atoms with van der Waals surface area (Å²) in [7, 11) is 1.98. The lowest BCUT2D eigenvalue weighted by Gasteiger charge is -2.37. The normalized spacial score (nSPS) is 16.0. The fraction of sp³-hybridized carbons (Fsp3) is 0.310. The molecule has 1 saturated heterocycles. The zero-order chi connectivity index (χ0) is 25.3. The molecule has 3 aromatic rings. The van der Waals surface area contributed by atoms with Gasteiger partial charge in [-0.15, -0.1) is 0 Å². The third-order valence-electron chi connectivity index (χ3n) is 6.39. The number of piperidine rings is 1. The Labute approximate surface area is 212 Å². The standard InChI is InChI=1S/C29H33N3O4/c1-31(20-25-7-5-6-18-32(25)19-22-10-12-23(13-11-22)29(34)35)21-28(33)30-24-14-16-27(17-15-24)36-26-8-3-2-4-9-26/h2-4,8-17,25H,5-7,18-21H2,1H3,(H,30,33)(H,34,35)/t25-/m1/s1. The van der Waals surface area contributed by atoms with Crippen molar-refractivity contribution in [3.63, 3.8) is 0 Å². The molecule has 3 aromatic carbocycles. The molecule has 4 rings (SSSR count). The molecule has 1 fully saturated rings. The van der Waals surface area contributed by atoms with Crippen molar-refractivity contribution in [1.29, 1.82) is 0 Å². The van der Waals surface area contributed by atoms with Crippen LogP contribution in [0.2, 0.25) is 0 Å². The number of carbonyl (C=O) groups is 2. The molecule has 2 N–H and O–H groups in total. The van der Waals surface area contributed by atoms with Crippen molar-refractivity contribution in [2.45, 2.75) is 31.8 Å². The van der Waals surface area contributed by atoms with Gasteiger partial charge in [-0.25, -0.2) is 4.79 Å². The quantitative estimate of drug-likeness (QED) is 0.414. The second-order valence-electron chi connectivity index (χ2n) is 9.31. The largest absolute Gasteiger partial charge is 0.478 e. The molecule has 1 heterocycles. The van der Waals surface area contributed by atoms with E-state index in [0.717, 1.165) is 49.5 Å². The second-order valence-corrected chi connectivity index (χ2v) is 9.31. The summed E-state index contributed by atoms with van der Waals surface area (Å²) in [6, 6.07) is 24.4. The van der Waals surface area contributed by atoms with Crippen LogP contribution < -0.4 is 10.1 Å². The second kappa shape index (κ2) is 12.3. The molecule has 0 radical (unpaired) electrons. The minimum absolute atomic E-state index is 0.0548. The lowest BCUT2D eigenvalue weighted by atomic mass is 10.0. The first-order valence-electron chi connectivity index (χ1n) is 12.3. The molecular weight excluding hydrogens is 454 g/mol. The molecule has 7 nitrogen and oxygen atoms in total. The van der Waals surface area contributed by atoms with Crippen molar-refractivity contribution in [3.05, 3.63) is 90.0 Å². The van der Waals surface area contributed by atoms with Crippen molar-refractivity contribution in [2.24, 2.45) is 0 Å². The van der Waals surface area contributed by atoms with E-state index in [2.05, 4.69) is 15.1 Å². The number of hydrogen-bond acceptors (Lipinski definition) is 5. The summed E-state index contributed by atoms with van der Waals surface area (Å²) < 4.78 is 5.80. The molecule has 0 aliphatic carbocycles. The molecule has 1 atom stereocenters. The molecule has 0 spiro atoms. The Morgan fingerprint density at radius 2 is 1.67 bits per heavy atom. The summed E-state index contributed by atoms with van der Waals surface area (Å²) in [6.45, 7) is 2.88. The number of aromatic carboxylic acids is 1. The number of rotatable bonds is 10. The van der Waals surface area contributed by atoms with Gasteiger partial charge in [0.15, 0.2) is 0 Å². The van der Waals surface area contributed by atoms with Gasteiger partial charge in [-0.1, -0.05) is 36.8 Å². The maximum atomic E-state index is 12.7. The van der Waals surface area contributed by atoms with Gasteiger partial charge in [-0.3, -0.25) is 14.6 Å². The number of ether oxygens (including phenoxy) is 1. The molecule has 1 aliphatic rings. The van der Waals surface area contributed by atoms with Crippen molar-refractivity contribution in [3.8, 4) is 11.5 Å². The van der Waals surface area contributed by atoms with E-state index in [9.17, 15) is 9.59 Å². The van der Waals surface area contributed by atoms with Gasteiger partial charge < -0.3 is 15.2 Å². The van der Waals surface area contributed by atoms with Crippen molar-refractivity contribution in [2.75, 3.05) is 32.0 Å². The highest BCUT2D eigenvalue weighted by atomic mass is 16.5. The van der Waals surface area contributed by atoms with Gasteiger partial charge in [0.05, 0.1) is 12.1 Å². The van der Waals surface area contributed by atoms with Crippen LogP contribution in [0.5, 0.6) is 11.5 Å². The monoisotopic (exact) mass is 487 g/mol. The molecule has 0 bridgehead atoms. The number of hydrogen-bond donors (Lipinski definition) is 2. The maximum Gasteiger partial charge on any atom is 0.335 e. The number of anilines is 1. The highest BCUT2D eigenvalue weighted by Gasteiger charge is 2.24. The minimum atomic E-state index is -0.909. The number of amides is 1. The minimum Gasteiger partial charge on any atom is -0.478 e. The van der Waals surface area contributed by atoms with E-state index in [4.69, 9.17) is 9.84 Å². The van der Waals surface area contributed by atoms with Crippen LogP contribution in [-0.4, -0.2) is 59.5 Å². The zero-order valence-corrected chi connectivity index (χ0v) is 20.6. The molecule has 188 valence electrons. The van der Waals surface area contributed by atoms with E-state index in [1.807, 2.05) is 73.8 Å². The number of nitrogens with one attached hydrogen (secondary N) is 1. The molecule has 7 heteroatoms. The Morgan fingerprint density at radius 1 is 0.972 bits per heavy atom. The highest BCUT2D eigenvalue weighted by Crippen LogP contribution is 2.23. The number of carboxylic acids is 1. The molecule has 36 heavy (non-hydrogen) atoms. The van der Waals surface area contributed by atoms with Gasteiger partial charge in [0, 0.05) is 24.8 Å². The van der Waals surface area contributed by atoms with Crippen LogP contribution in [0.25, 0.3) is 0 Å². The van der Waals surface area contributed by atoms with Gasteiger partial charge >= 0.3 is 5.97 Å². The van der Waals surface area contributed by atoms with Crippen molar-refractivity contribution < 1.29 is 19.4 Å². The van der Waals surface area contributed by atoms with E-state index >= 15 is 0 Å². The molecule has 1 aliphatic heterocycles. The Hall–Kier alpha value is -3.68. The first kappa shape index (κ1) is 25.4. The summed E-state index contributed by atoms with van der Waals surface area (Å²) in [5.41, 5.74) is 2.14. The van der Waals surface area contributed by atoms with Crippen LogP contribution in [0, 0.1) is 0 Å². The van der Waals surface area contributed by atoms with E-state index < -0.39 is 5.97 Å². The van der Waals surface area contributed by atoms with Crippen molar-refractivity contribution >= 4 is 17.6 Å². The predicted octanol–water partition coefficient (Wildman–Crippen LogP) is 5.10. The molecule has 0 unspecified atom stereocenters. The third-order valence-corrected chi connectivity index (χ3v) is 6.39. The summed E-state index contributed by atoms with van der Waals surface area (Å²) in [5, 5.41) is 12.1. The molecule has 1 amide bonds. The number of likely N-dealkylation sites (N-methyl/N-ethyl adjacent to an activating group) is 1. The fourth-order valence-electron chi connectivity index (χ4n) is 4.56. The lowest BCUT2D eigenvalue weighted by molar-refractivity contribution is -0.117. The summed E-state index contributed by atoms with van der Waals surface area (Å²) in [5.74, 6) is 0.519. The topological polar surface area (TPSA) is 82.1 Å². The zero-order valence-electron chi connectivity index (χ0n) is 20.6. The van der Waals surface area contributed by atoms with E-state index in [0.29, 0.717) is 23.9 Å². The van der Waals surface area contributed by atoms with Gasteiger partial charge in [0.1, 0.15) is 11.5 Å². The van der Waals surface area contributed by atoms with Gasteiger partial charge in [0.25, 0.3) is 0 Å². The number of para-hydroxylation sites is 1. The average molecular weight is 488 g/mol. The summed E-state index contributed by atoms with van der Waals surface area (Å²) in [4.78, 5) is 28.3. The maximum absolute atomic E-state index is 12.7. The smallest absolute Gasteiger partial charge is 0.335 e. The fourth-order valence-corrected chi connectivity index (χ4v) is 4.56. The van der Waals surface area contributed by atoms with Gasteiger partial charge in [-0.05, 0) is 80.5 Å². The average Bonchev–Trinajstić information content (AvgIpc) is 2.87. The Morgan fingerprint density at radius 3 is 2.36 bits per heavy atom. The van der Waals surface area contributed by atoms with E-state index in [1.165, 1.54) is 6.42 Å². The van der Waals surface area contributed by atoms with Crippen LogP contribution in [-0.2, 0) is 11.3 Å². The predicted molar refractivity (Wildman–Crippen MR) is 141 cm³/mol. The summed E-state index contributed by atoms with van der Waals surface area (Å²) >= 11 is 0. The lowest BCUT2D eigenvalue weighted by Crippen LogP contribution is -2.46. The number of carbonyl (C=O) groups excluding carboxylic acids is 1. The molecule has 0 saturated carbocycles. The number of likely N-dealkylation sites (tertiary alicyclic amines) is 1. The van der Waals surface area contributed by atoms with Crippen LogP contribution in [0.3, 0.4) is 0 Å². The Kier molecular flexibility index (Phi) is 8.71. The van der Waals surface area contributed by atoms with Crippen LogP contribution in [0.1, 0.15) is 35.2 Å². The van der Waals surface area contributed by atoms with E-state index in [-0.39, 0.29) is 5.91 Å².